The molecule has 0 saturated carbocycles. The summed E-state index contributed by atoms with van der Waals surface area (Å²) in [4.78, 5) is 12.7. The Bertz CT molecular complexity index is 893. The Morgan fingerprint density at radius 3 is 2.92 bits per heavy atom. The second-order valence-electron chi connectivity index (χ2n) is 5.03. The molecular formula is C16H15ClN4O3S. The van der Waals surface area contributed by atoms with Crippen molar-refractivity contribution in [3.05, 3.63) is 45.6 Å². The molecule has 0 atom stereocenters. The van der Waals surface area contributed by atoms with E-state index in [4.69, 9.17) is 20.9 Å². The molecule has 0 bridgehead atoms. The second kappa shape index (κ2) is 7.73. The van der Waals surface area contributed by atoms with Crippen LogP contribution in [0.15, 0.2) is 28.8 Å². The molecule has 25 heavy (non-hydrogen) atoms. The van der Waals surface area contributed by atoms with Gasteiger partial charge in [0.1, 0.15) is 28.6 Å². The average Bonchev–Trinajstić information content (AvgIpc) is 3.20. The summed E-state index contributed by atoms with van der Waals surface area (Å²) >= 11 is 7.46. The summed E-state index contributed by atoms with van der Waals surface area (Å²) in [5.41, 5.74) is 1.33. The Labute approximate surface area is 153 Å². The summed E-state index contributed by atoms with van der Waals surface area (Å²) in [7, 11) is 0. The summed E-state index contributed by atoms with van der Waals surface area (Å²) in [6.07, 6.45) is 0. The Morgan fingerprint density at radius 2 is 2.16 bits per heavy atom. The van der Waals surface area contributed by atoms with Crippen molar-refractivity contribution in [3.63, 3.8) is 0 Å². The quantitative estimate of drug-likeness (QED) is 0.698. The predicted molar refractivity (Wildman–Crippen MR) is 94.9 cm³/mol. The van der Waals surface area contributed by atoms with Crippen molar-refractivity contribution < 1.29 is 14.1 Å². The van der Waals surface area contributed by atoms with Gasteiger partial charge in [-0.25, -0.2) is 0 Å². The van der Waals surface area contributed by atoms with Crippen molar-refractivity contribution in [2.24, 2.45) is 0 Å². The second-order valence-corrected chi connectivity index (χ2v) is 6.50. The number of halogens is 1. The lowest BCUT2D eigenvalue weighted by molar-refractivity contribution is 0.102. The molecular weight excluding hydrogens is 364 g/mol. The Kier molecular flexibility index (Phi) is 5.42. The minimum Gasteiger partial charge on any atom is -0.374 e. The van der Waals surface area contributed by atoms with Gasteiger partial charge in [-0.1, -0.05) is 46.3 Å². The van der Waals surface area contributed by atoms with E-state index >= 15 is 0 Å². The van der Waals surface area contributed by atoms with Gasteiger partial charge in [0.05, 0.1) is 5.02 Å². The van der Waals surface area contributed by atoms with Gasteiger partial charge in [-0.2, -0.15) is 0 Å². The van der Waals surface area contributed by atoms with Crippen LogP contribution < -0.4 is 5.32 Å². The van der Waals surface area contributed by atoms with Crippen LogP contribution in [0.3, 0.4) is 0 Å². The van der Waals surface area contributed by atoms with E-state index in [0.717, 1.165) is 0 Å². The number of benzene rings is 1. The van der Waals surface area contributed by atoms with E-state index in [0.29, 0.717) is 51.0 Å². The fourth-order valence-corrected chi connectivity index (χ4v) is 3.09. The van der Waals surface area contributed by atoms with Crippen LogP contribution in [0.1, 0.15) is 28.0 Å². The third kappa shape index (κ3) is 3.87. The number of nitrogens with zero attached hydrogens (tertiary/aromatic N) is 3. The van der Waals surface area contributed by atoms with Gasteiger partial charge in [0, 0.05) is 12.2 Å². The van der Waals surface area contributed by atoms with Gasteiger partial charge in [-0.3, -0.25) is 10.1 Å². The first-order chi connectivity index (χ1) is 12.1. The van der Waals surface area contributed by atoms with Crippen LogP contribution in [-0.2, 0) is 11.3 Å². The van der Waals surface area contributed by atoms with Crippen LogP contribution in [0.25, 0.3) is 11.3 Å². The summed E-state index contributed by atoms with van der Waals surface area (Å²) in [6, 6.07) is 7.13. The molecule has 0 unspecified atom stereocenters. The van der Waals surface area contributed by atoms with Gasteiger partial charge in [0.2, 0.25) is 5.13 Å². The van der Waals surface area contributed by atoms with Gasteiger partial charge >= 0.3 is 0 Å². The zero-order chi connectivity index (χ0) is 17.8. The number of hydrogen-bond donors (Lipinski definition) is 1. The van der Waals surface area contributed by atoms with Crippen molar-refractivity contribution in [2.75, 3.05) is 11.9 Å². The summed E-state index contributed by atoms with van der Waals surface area (Å²) in [5, 5.41) is 16.2. The fraction of sp³-hybridized carbons (Fsp3) is 0.250. The molecule has 130 valence electrons. The maximum atomic E-state index is 12.7. The van der Waals surface area contributed by atoms with Crippen molar-refractivity contribution in [3.8, 4) is 11.3 Å². The molecule has 0 radical (unpaired) electrons. The van der Waals surface area contributed by atoms with E-state index in [-0.39, 0.29) is 5.91 Å². The maximum absolute atomic E-state index is 12.7. The third-order valence-electron chi connectivity index (χ3n) is 3.34. The largest absolute Gasteiger partial charge is 0.374 e. The topological polar surface area (TPSA) is 90.1 Å². The van der Waals surface area contributed by atoms with E-state index in [1.165, 1.54) is 11.3 Å². The van der Waals surface area contributed by atoms with Crippen LogP contribution in [0.5, 0.6) is 0 Å². The van der Waals surface area contributed by atoms with E-state index in [1.807, 2.05) is 13.0 Å². The van der Waals surface area contributed by atoms with Crippen molar-refractivity contribution in [2.45, 2.75) is 20.5 Å². The lowest BCUT2D eigenvalue weighted by Gasteiger charge is -2.04. The average molecular weight is 379 g/mol. The summed E-state index contributed by atoms with van der Waals surface area (Å²) in [6.45, 7) is 4.51. The first-order valence-electron chi connectivity index (χ1n) is 7.52. The van der Waals surface area contributed by atoms with Crippen molar-refractivity contribution in [1.82, 2.24) is 15.4 Å². The smallest absolute Gasteiger partial charge is 0.263 e. The lowest BCUT2D eigenvalue weighted by atomic mass is 10.1. The number of ether oxygens (including phenoxy) is 1. The predicted octanol–water partition coefficient (Wildman–Crippen LogP) is 3.94. The molecule has 3 rings (SSSR count). The zero-order valence-electron chi connectivity index (χ0n) is 13.6. The molecule has 9 heteroatoms. The third-order valence-corrected chi connectivity index (χ3v) is 4.48. The number of hydrogen-bond acceptors (Lipinski definition) is 7. The van der Waals surface area contributed by atoms with Crippen molar-refractivity contribution in [1.29, 1.82) is 0 Å². The number of rotatable bonds is 6. The first kappa shape index (κ1) is 17.5. The number of aryl methyl sites for hydroxylation is 1. The molecule has 3 aromatic rings. The van der Waals surface area contributed by atoms with E-state index in [2.05, 4.69) is 20.7 Å². The standard InChI is InChI=1S/C16H15ClN4O3S/c1-3-23-8-12-19-20-16(25-12)18-15(22)13-9(2)24-21-14(13)10-6-4-5-7-11(10)17/h4-7H,3,8H2,1-2H3,(H,18,20,22). The molecule has 0 spiro atoms. The number of aromatic nitrogens is 3. The maximum Gasteiger partial charge on any atom is 0.263 e. The molecule has 1 N–H and O–H groups in total. The zero-order valence-corrected chi connectivity index (χ0v) is 15.1. The lowest BCUT2D eigenvalue weighted by Crippen LogP contribution is -2.13. The van der Waals surface area contributed by atoms with Crippen molar-refractivity contribution >= 4 is 34.0 Å². The normalized spacial score (nSPS) is 10.8. The van der Waals surface area contributed by atoms with E-state index in [1.54, 1.807) is 25.1 Å². The number of carbonyl (C=O) groups is 1. The van der Waals surface area contributed by atoms with Crippen LogP contribution in [0.4, 0.5) is 5.13 Å². The molecule has 0 aliphatic carbocycles. The minimum absolute atomic E-state index is 0.314. The molecule has 0 aliphatic rings. The van der Waals surface area contributed by atoms with Gasteiger partial charge in [0.15, 0.2) is 0 Å². The Hall–Kier alpha value is -2.29. The van der Waals surface area contributed by atoms with Crippen LogP contribution in [0.2, 0.25) is 5.02 Å². The Balaban J connectivity index is 1.85. The molecule has 0 aliphatic heterocycles. The fourth-order valence-electron chi connectivity index (χ4n) is 2.19. The highest BCUT2D eigenvalue weighted by Gasteiger charge is 2.24. The molecule has 1 amide bonds. The number of amides is 1. The SMILES string of the molecule is CCOCc1nnc(NC(=O)c2c(-c3ccccc3Cl)noc2C)s1. The van der Waals surface area contributed by atoms with E-state index < -0.39 is 0 Å². The molecule has 1 aromatic carbocycles. The summed E-state index contributed by atoms with van der Waals surface area (Å²) < 4.78 is 10.5. The highest BCUT2D eigenvalue weighted by molar-refractivity contribution is 7.15. The number of anilines is 1. The molecule has 0 saturated heterocycles. The Morgan fingerprint density at radius 1 is 1.36 bits per heavy atom. The molecule has 0 fully saturated rings. The van der Waals surface area contributed by atoms with Gasteiger partial charge in [-0.05, 0) is 19.9 Å². The number of nitrogens with one attached hydrogen (secondary N) is 1. The molecule has 2 heterocycles. The van der Waals surface area contributed by atoms with E-state index in [9.17, 15) is 4.79 Å². The molecule has 2 aromatic heterocycles. The van der Waals surface area contributed by atoms with Crippen LogP contribution >= 0.6 is 22.9 Å². The van der Waals surface area contributed by atoms with Gasteiger partial charge in [-0.15, -0.1) is 10.2 Å². The summed E-state index contributed by atoms with van der Waals surface area (Å²) in [5.74, 6) is 0.0132. The van der Waals surface area contributed by atoms with Crippen LogP contribution in [-0.4, -0.2) is 27.9 Å². The molecule has 7 nitrogen and oxygen atoms in total. The highest BCUT2D eigenvalue weighted by Crippen LogP contribution is 2.31. The minimum atomic E-state index is -0.382. The number of carbonyl (C=O) groups excluding carboxylic acids is 1. The van der Waals surface area contributed by atoms with Crippen LogP contribution in [0, 0.1) is 6.92 Å². The van der Waals surface area contributed by atoms with Gasteiger partial charge in [0.25, 0.3) is 5.91 Å². The highest BCUT2D eigenvalue weighted by atomic mass is 35.5. The first-order valence-corrected chi connectivity index (χ1v) is 8.72. The monoisotopic (exact) mass is 378 g/mol. The van der Waals surface area contributed by atoms with Gasteiger partial charge < -0.3 is 9.26 Å².